The molecule has 0 saturated heterocycles. The van der Waals surface area contributed by atoms with Crippen molar-refractivity contribution in [3.63, 3.8) is 0 Å². The third-order valence-electron chi connectivity index (χ3n) is 4.05. The summed E-state index contributed by atoms with van der Waals surface area (Å²) < 4.78 is 0. The number of hydrogen-bond donors (Lipinski definition) is 2. The van der Waals surface area contributed by atoms with Gasteiger partial charge < -0.3 is 11.1 Å². The van der Waals surface area contributed by atoms with E-state index in [1.807, 2.05) is 37.3 Å². The molecule has 3 N–H and O–H groups in total. The Morgan fingerprint density at radius 3 is 2.57 bits per heavy atom. The fraction of sp³-hybridized carbons (Fsp3) is 0.235. The lowest BCUT2D eigenvalue weighted by Crippen LogP contribution is -2.39. The molecular weight excluding hydrogens is 284 g/mol. The first-order chi connectivity index (χ1) is 10.1. The molecule has 2 aromatic rings. The molecule has 0 radical (unpaired) electrons. The highest BCUT2D eigenvalue weighted by molar-refractivity contribution is 6.30. The molecule has 1 amide bonds. The van der Waals surface area contributed by atoms with Crippen LogP contribution in [-0.4, -0.2) is 5.91 Å². The summed E-state index contributed by atoms with van der Waals surface area (Å²) in [5, 5.41) is 3.69. The lowest BCUT2D eigenvalue weighted by Gasteiger charge is -2.32. The van der Waals surface area contributed by atoms with Crippen LogP contribution in [0.2, 0.25) is 5.02 Å². The summed E-state index contributed by atoms with van der Waals surface area (Å²) in [5.41, 5.74) is 9.73. The van der Waals surface area contributed by atoms with E-state index in [0.29, 0.717) is 10.7 Å². The van der Waals surface area contributed by atoms with Crippen molar-refractivity contribution in [3.05, 3.63) is 64.2 Å². The Morgan fingerprint density at radius 2 is 1.86 bits per heavy atom. The minimum atomic E-state index is -0.241. The monoisotopic (exact) mass is 300 g/mol. The van der Waals surface area contributed by atoms with E-state index in [2.05, 4.69) is 5.32 Å². The van der Waals surface area contributed by atoms with Crippen molar-refractivity contribution in [2.24, 2.45) is 0 Å². The van der Waals surface area contributed by atoms with Gasteiger partial charge in [-0.05, 0) is 35.7 Å². The molecule has 1 heterocycles. The summed E-state index contributed by atoms with van der Waals surface area (Å²) in [6.07, 6.45) is 0.778. The molecule has 2 unspecified atom stereocenters. The molecular formula is C17H17ClN2O. The van der Waals surface area contributed by atoms with Gasteiger partial charge in [0.05, 0.1) is 12.0 Å². The number of rotatable bonds is 2. The van der Waals surface area contributed by atoms with Crippen LogP contribution in [0.25, 0.3) is 0 Å². The van der Waals surface area contributed by atoms with Crippen LogP contribution in [0.5, 0.6) is 0 Å². The number of hydrogen-bond acceptors (Lipinski definition) is 2. The number of nitrogens with two attached hydrogens (primary N) is 1. The van der Waals surface area contributed by atoms with Crippen molar-refractivity contribution < 1.29 is 4.79 Å². The van der Waals surface area contributed by atoms with Gasteiger partial charge in [0.15, 0.2) is 0 Å². The summed E-state index contributed by atoms with van der Waals surface area (Å²) >= 11 is 6.09. The zero-order chi connectivity index (χ0) is 15.0. The second kappa shape index (κ2) is 5.41. The van der Waals surface area contributed by atoms with Gasteiger partial charge in [-0.2, -0.15) is 0 Å². The predicted molar refractivity (Wildman–Crippen MR) is 85.3 cm³/mol. The zero-order valence-electron chi connectivity index (χ0n) is 11.8. The summed E-state index contributed by atoms with van der Waals surface area (Å²) in [7, 11) is 0. The second-order valence-electron chi connectivity index (χ2n) is 5.30. The van der Waals surface area contributed by atoms with Crippen molar-refractivity contribution in [1.29, 1.82) is 0 Å². The van der Waals surface area contributed by atoms with Crippen molar-refractivity contribution in [3.8, 4) is 0 Å². The fourth-order valence-corrected chi connectivity index (χ4v) is 3.18. The van der Waals surface area contributed by atoms with Crippen LogP contribution in [0.3, 0.4) is 0 Å². The molecule has 0 aromatic heterocycles. The number of benzene rings is 2. The Kier molecular flexibility index (Phi) is 3.60. The average molecular weight is 301 g/mol. The molecule has 4 heteroatoms. The minimum Gasteiger partial charge on any atom is -0.398 e. The first-order valence-corrected chi connectivity index (χ1v) is 7.43. The van der Waals surface area contributed by atoms with Crippen LogP contribution in [-0.2, 0) is 4.79 Å². The van der Waals surface area contributed by atoms with Gasteiger partial charge in [0.1, 0.15) is 0 Å². The topological polar surface area (TPSA) is 55.1 Å². The third-order valence-corrected chi connectivity index (χ3v) is 4.29. The highest BCUT2D eigenvalue weighted by Gasteiger charge is 2.33. The number of nitrogens with one attached hydrogen (secondary N) is 1. The van der Waals surface area contributed by atoms with E-state index in [1.54, 1.807) is 12.1 Å². The maximum Gasteiger partial charge on any atom is 0.228 e. The number of carbonyl (C=O) groups is 1. The molecule has 3 rings (SSSR count). The summed E-state index contributed by atoms with van der Waals surface area (Å²) in [4.78, 5) is 12.4. The quantitative estimate of drug-likeness (QED) is 0.832. The van der Waals surface area contributed by atoms with E-state index in [1.165, 1.54) is 0 Å². The minimum absolute atomic E-state index is 0.0422. The van der Waals surface area contributed by atoms with Gasteiger partial charge in [-0.3, -0.25) is 4.79 Å². The lowest BCUT2D eigenvalue weighted by molar-refractivity contribution is -0.123. The molecule has 1 aliphatic rings. The van der Waals surface area contributed by atoms with Gasteiger partial charge in [0.2, 0.25) is 5.91 Å². The zero-order valence-corrected chi connectivity index (χ0v) is 12.5. The Morgan fingerprint density at radius 1 is 1.14 bits per heavy atom. The summed E-state index contributed by atoms with van der Waals surface area (Å²) in [5.74, 6) is -0.0570. The van der Waals surface area contributed by atoms with Gasteiger partial charge in [-0.1, -0.05) is 42.8 Å². The summed E-state index contributed by atoms with van der Waals surface area (Å²) in [6.45, 7) is 2.02. The number of anilines is 1. The van der Waals surface area contributed by atoms with Crippen molar-refractivity contribution >= 4 is 23.2 Å². The van der Waals surface area contributed by atoms with Crippen LogP contribution in [0.4, 0.5) is 5.69 Å². The second-order valence-corrected chi connectivity index (χ2v) is 5.74. The molecule has 2 atom stereocenters. The molecule has 3 nitrogen and oxygen atoms in total. The Bertz CT molecular complexity index is 699. The molecule has 2 aromatic carbocycles. The van der Waals surface area contributed by atoms with Crippen LogP contribution in [0.1, 0.15) is 42.0 Å². The van der Waals surface area contributed by atoms with E-state index in [0.717, 1.165) is 23.1 Å². The van der Waals surface area contributed by atoms with Gasteiger partial charge >= 0.3 is 0 Å². The van der Waals surface area contributed by atoms with Gasteiger partial charge in [0, 0.05) is 16.3 Å². The van der Waals surface area contributed by atoms with E-state index >= 15 is 0 Å². The van der Waals surface area contributed by atoms with Crippen LogP contribution >= 0.6 is 11.6 Å². The fourth-order valence-electron chi connectivity index (χ4n) is 3.00. The maximum atomic E-state index is 12.4. The van der Waals surface area contributed by atoms with Crippen molar-refractivity contribution in [2.75, 3.05) is 5.73 Å². The van der Waals surface area contributed by atoms with Crippen LogP contribution in [0, 0.1) is 0 Å². The maximum absolute atomic E-state index is 12.4. The lowest BCUT2D eigenvalue weighted by atomic mass is 9.82. The molecule has 0 saturated carbocycles. The number of carbonyl (C=O) groups excluding carboxylic acids is 1. The first-order valence-electron chi connectivity index (χ1n) is 7.06. The Hall–Kier alpha value is -2.00. The van der Waals surface area contributed by atoms with Crippen LogP contribution < -0.4 is 11.1 Å². The van der Waals surface area contributed by atoms with E-state index in [9.17, 15) is 4.79 Å². The highest BCUT2D eigenvalue weighted by Crippen LogP contribution is 2.38. The Labute approximate surface area is 129 Å². The van der Waals surface area contributed by atoms with Crippen molar-refractivity contribution in [2.45, 2.75) is 25.3 Å². The SMILES string of the molecule is CCC1C(=O)NC(c2cc(Cl)ccc2N)c2ccccc21. The molecule has 108 valence electrons. The average Bonchev–Trinajstić information content (AvgIpc) is 2.49. The standard InChI is InChI=1S/C17H17ClN2O/c1-2-11-12-5-3-4-6-13(12)16(20-17(11)21)14-9-10(18)7-8-15(14)19/h3-9,11,16H,2,19H2,1H3,(H,20,21). The molecule has 1 aliphatic heterocycles. The largest absolute Gasteiger partial charge is 0.398 e. The van der Waals surface area contributed by atoms with E-state index < -0.39 is 0 Å². The number of halogens is 1. The molecule has 21 heavy (non-hydrogen) atoms. The molecule has 0 aliphatic carbocycles. The van der Waals surface area contributed by atoms with E-state index in [-0.39, 0.29) is 17.9 Å². The normalized spacial score (nSPS) is 20.8. The van der Waals surface area contributed by atoms with Gasteiger partial charge in [-0.15, -0.1) is 0 Å². The van der Waals surface area contributed by atoms with Crippen LogP contribution in [0.15, 0.2) is 42.5 Å². The summed E-state index contributed by atoms with van der Waals surface area (Å²) in [6, 6.07) is 13.1. The van der Waals surface area contributed by atoms with Gasteiger partial charge in [-0.25, -0.2) is 0 Å². The first kappa shape index (κ1) is 14.0. The third kappa shape index (κ3) is 2.38. The number of nitrogen functional groups attached to an aromatic ring is 1. The highest BCUT2D eigenvalue weighted by atomic mass is 35.5. The number of amides is 1. The Balaban J connectivity index is 2.16. The molecule has 0 spiro atoms. The predicted octanol–water partition coefficient (Wildman–Crippen LogP) is 3.64. The molecule has 0 bridgehead atoms. The van der Waals surface area contributed by atoms with Crippen molar-refractivity contribution in [1.82, 2.24) is 5.32 Å². The number of fused-ring (bicyclic) bond motifs is 1. The smallest absolute Gasteiger partial charge is 0.228 e. The van der Waals surface area contributed by atoms with E-state index in [4.69, 9.17) is 17.3 Å². The van der Waals surface area contributed by atoms with Gasteiger partial charge in [0.25, 0.3) is 0 Å². The molecule has 0 fully saturated rings.